The number of carboxylic acids is 1. The van der Waals surface area contributed by atoms with Crippen molar-refractivity contribution in [2.75, 3.05) is 5.32 Å². The molecule has 1 amide bonds. The summed E-state index contributed by atoms with van der Waals surface area (Å²) in [6, 6.07) is 3.41. The van der Waals surface area contributed by atoms with E-state index in [1.807, 2.05) is 0 Å². The van der Waals surface area contributed by atoms with Gasteiger partial charge in [-0.25, -0.2) is 0 Å². The van der Waals surface area contributed by atoms with Gasteiger partial charge in [0, 0.05) is 16.5 Å². The van der Waals surface area contributed by atoms with Crippen LogP contribution in [0.3, 0.4) is 0 Å². The van der Waals surface area contributed by atoms with Crippen LogP contribution in [0.1, 0.15) is 26.6 Å². The molecule has 0 fully saturated rings. The molecule has 0 aliphatic heterocycles. The number of carbonyl (C=O) groups excluding carboxylic acids is 2. The Morgan fingerprint density at radius 2 is 2.15 bits per heavy atom. The van der Waals surface area contributed by atoms with E-state index in [0.29, 0.717) is 11.3 Å². The predicted octanol–water partition coefficient (Wildman–Crippen LogP) is 1.97. The molecule has 0 aromatic carbocycles. The molecule has 1 N–H and O–H groups in total. The number of thiophene rings is 1. The van der Waals surface area contributed by atoms with Gasteiger partial charge in [0.25, 0.3) is 0 Å². The molecule has 20 heavy (non-hydrogen) atoms. The van der Waals surface area contributed by atoms with Crippen molar-refractivity contribution in [2.45, 2.75) is 13.8 Å². The fourth-order valence-corrected chi connectivity index (χ4v) is 2.71. The highest BCUT2D eigenvalue weighted by Gasteiger charge is 2.14. The van der Waals surface area contributed by atoms with E-state index in [1.165, 1.54) is 29.8 Å². The minimum Gasteiger partial charge on any atom is -0.545 e. The number of carboxylic acid groups (broad SMARTS) is 1. The van der Waals surface area contributed by atoms with E-state index in [2.05, 4.69) is 5.32 Å². The van der Waals surface area contributed by atoms with Gasteiger partial charge in [-0.15, -0.1) is 11.3 Å². The molecule has 2 heterocycles. The van der Waals surface area contributed by atoms with E-state index >= 15 is 0 Å². The third-order valence-corrected chi connectivity index (χ3v) is 3.89. The quantitative estimate of drug-likeness (QED) is 0.873. The maximum absolute atomic E-state index is 11.8. The smallest absolute Gasteiger partial charge is 0.249 e. The van der Waals surface area contributed by atoms with E-state index in [9.17, 15) is 14.7 Å². The third kappa shape index (κ3) is 2.97. The summed E-state index contributed by atoms with van der Waals surface area (Å²) in [5.74, 6) is -1.18. The number of carbonyl (C=O) groups is 2. The summed E-state index contributed by atoms with van der Waals surface area (Å²) in [4.78, 5) is 23.7. The Morgan fingerprint density at radius 1 is 1.40 bits per heavy atom. The zero-order valence-electron chi connectivity index (χ0n) is 10.9. The Kier molecular flexibility index (Phi) is 4.05. The number of rotatable bonds is 4. The minimum absolute atomic E-state index is 0.0345. The van der Waals surface area contributed by atoms with E-state index in [-0.39, 0.29) is 10.6 Å². The minimum atomic E-state index is -1.29. The third-order valence-electron chi connectivity index (χ3n) is 2.77. The molecule has 6 heteroatoms. The molecule has 2 rings (SSSR count). The first kappa shape index (κ1) is 14.1. The summed E-state index contributed by atoms with van der Waals surface area (Å²) in [7, 11) is 0. The fourth-order valence-electron chi connectivity index (χ4n) is 1.66. The largest absolute Gasteiger partial charge is 0.545 e. The normalized spacial score (nSPS) is 10.9. The molecule has 0 saturated heterocycles. The molecular weight excluding hydrogens is 278 g/mol. The topological polar surface area (TPSA) is 82.4 Å². The molecule has 0 spiro atoms. The number of anilines is 1. The van der Waals surface area contributed by atoms with Gasteiger partial charge in [-0.05, 0) is 37.6 Å². The standard InChI is InChI=1S/C14H13NO4S/c1-8-9(2)20-13(12(8)14(17)18)15-11(16)6-5-10-4-3-7-19-10/h3-7H,1-2H3,(H,15,16)(H,17,18)/p-1. The Bertz CT molecular complexity index is 668. The molecule has 104 valence electrons. The van der Waals surface area contributed by atoms with Gasteiger partial charge in [0.15, 0.2) is 0 Å². The molecular formula is C14H12NO4S-. The molecule has 0 radical (unpaired) electrons. The van der Waals surface area contributed by atoms with Crippen LogP contribution >= 0.6 is 11.3 Å². The Labute approximate surface area is 119 Å². The van der Waals surface area contributed by atoms with Gasteiger partial charge in [-0.2, -0.15) is 0 Å². The van der Waals surface area contributed by atoms with Crippen LogP contribution in [0.5, 0.6) is 0 Å². The highest BCUT2D eigenvalue weighted by molar-refractivity contribution is 7.16. The van der Waals surface area contributed by atoms with Gasteiger partial charge in [-0.1, -0.05) is 0 Å². The summed E-state index contributed by atoms with van der Waals surface area (Å²) in [5.41, 5.74) is 0.646. The molecule has 0 aliphatic rings. The summed E-state index contributed by atoms with van der Waals surface area (Å²) >= 11 is 1.21. The molecule has 2 aromatic heterocycles. The van der Waals surface area contributed by atoms with Gasteiger partial charge >= 0.3 is 0 Å². The maximum Gasteiger partial charge on any atom is 0.249 e. The van der Waals surface area contributed by atoms with E-state index in [0.717, 1.165) is 4.88 Å². The van der Waals surface area contributed by atoms with Crippen molar-refractivity contribution in [1.82, 2.24) is 0 Å². The number of amides is 1. The van der Waals surface area contributed by atoms with Crippen LogP contribution in [-0.2, 0) is 4.79 Å². The van der Waals surface area contributed by atoms with Gasteiger partial charge < -0.3 is 19.6 Å². The van der Waals surface area contributed by atoms with Gasteiger partial charge in [0.1, 0.15) is 10.8 Å². The molecule has 0 atom stereocenters. The van der Waals surface area contributed by atoms with Crippen molar-refractivity contribution in [3.8, 4) is 0 Å². The Morgan fingerprint density at radius 3 is 2.75 bits per heavy atom. The number of nitrogens with one attached hydrogen (secondary N) is 1. The van der Waals surface area contributed by atoms with Crippen molar-refractivity contribution in [2.24, 2.45) is 0 Å². The maximum atomic E-state index is 11.8. The number of hydrogen-bond donors (Lipinski definition) is 1. The van der Waals surface area contributed by atoms with Crippen LogP contribution < -0.4 is 10.4 Å². The number of aryl methyl sites for hydroxylation is 1. The lowest BCUT2D eigenvalue weighted by Gasteiger charge is -2.06. The first-order valence-electron chi connectivity index (χ1n) is 5.83. The average Bonchev–Trinajstić information content (AvgIpc) is 2.96. The summed E-state index contributed by atoms with van der Waals surface area (Å²) in [6.07, 6.45) is 4.28. The van der Waals surface area contributed by atoms with Crippen molar-refractivity contribution in [3.63, 3.8) is 0 Å². The number of furan rings is 1. The molecule has 2 aromatic rings. The molecule has 0 aliphatic carbocycles. The van der Waals surface area contributed by atoms with Crippen LogP contribution in [-0.4, -0.2) is 11.9 Å². The summed E-state index contributed by atoms with van der Waals surface area (Å²) < 4.78 is 5.05. The van der Waals surface area contributed by atoms with Gasteiger partial charge in [0.2, 0.25) is 5.91 Å². The summed E-state index contributed by atoms with van der Waals surface area (Å²) in [5, 5.41) is 13.9. The number of hydrogen-bond acceptors (Lipinski definition) is 5. The lowest BCUT2D eigenvalue weighted by atomic mass is 10.1. The van der Waals surface area contributed by atoms with Crippen LogP contribution in [0.25, 0.3) is 6.08 Å². The molecule has 0 unspecified atom stereocenters. The van der Waals surface area contributed by atoms with Gasteiger partial charge in [0.05, 0.1) is 12.2 Å². The number of aromatic carboxylic acids is 1. The van der Waals surface area contributed by atoms with Crippen LogP contribution in [0, 0.1) is 13.8 Å². The lowest BCUT2D eigenvalue weighted by Crippen LogP contribution is -2.24. The zero-order valence-corrected chi connectivity index (χ0v) is 11.7. The second kappa shape index (κ2) is 5.75. The fraction of sp³-hybridized carbons (Fsp3) is 0.143. The highest BCUT2D eigenvalue weighted by Crippen LogP contribution is 2.31. The molecule has 5 nitrogen and oxygen atoms in total. The second-order valence-corrected chi connectivity index (χ2v) is 5.34. The second-order valence-electron chi connectivity index (χ2n) is 4.11. The van der Waals surface area contributed by atoms with Crippen LogP contribution in [0.4, 0.5) is 5.00 Å². The average molecular weight is 290 g/mol. The predicted molar refractivity (Wildman–Crippen MR) is 74.5 cm³/mol. The molecule has 0 saturated carbocycles. The lowest BCUT2D eigenvalue weighted by molar-refractivity contribution is -0.254. The van der Waals surface area contributed by atoms with Crippen LogP contribution in [0.15, 0.2) is 28.9 Å². The van der Waals surface area contributed by atoms with Gasteiger partial charge in [-0.3, -0.25) is 4.79 Å². The van der Waals surface area contributed by atoms with Crippen molar-refractivity contribution in [1.29, 1.82) is 0 Å². The zero-order chi connectivity index (χ0) is 14.7. The Balaban J connectivity index is 2.16. The van der Waals surface area contributed by atoms with E-state index < -0.39 is 11.9 Å². The van der Waals surface area contributed by atoms with E-state index in [1.54, 1.807) is 26.0 Å². The SMILES string of the molecule is Cc1sc(NC(=O)C=Cc2ccco2)c(C(=O)[O-])c1C. The van der Waals surface area contributed by atoms with Crippen molar-refractivity contribution >= 4 is 34.3 Å². The monoisotopic (exact) mass is 290 g/mol. The van der Waals surface area contributed by atoms with Crippen molar-refractivity contribution < 1.29 is 19.1 Å². The Hall–Kier alpha value is -2.34. The first-order valence-corrected chi connectivity index (χ1v) is 6.64. The first-order chi connectivity index (χ1) is 9.49. The van der Waals surface area contributed by atoms with Crippen molar-refractivity contribution in [3.05, 3.63) is 46.2 Å². The highest BCUT2D eigenvalue weighted by atomic mass is 32.1. The summed E-state index contributed by atoms with van der Waals surface area (Å²) in [6.45, 7) is 3.48. The van der Waals surface area contributed by atoms with E-state index in [4.69, 9.17) is 4.42 Å². The molecule has 0 bridgehead atoms. The van der Waals surface area contributed by atoms with Crippen LogP contribution in [0.2, 0.25) is 0 Å².